The summed E-state index contributed by atoms with van der Waals surface area (Å²) in [6.45, 7) is 8.45. The van der Waals surface area contributed by atoms with E-state index in [0.29, 0.717) is 25.3 Å². The molecular weight excluding hydrogens is 278 g/mol. The van der Waals surface area contributed by atoms with Crippen LogP contribution in [0.5, 0.6) is 0 Å². The number of nitrogens with zero attached hydrogens (tertiary/aromatic N) is 1. The smallest absolute Gasteiger partial charge is 0.341 e. The van der Waals surface area contributed by atoms with E-state index < -0.39 is 5.97 Å². The van der Waals surface area contributed by atoms with Gasteiger partial charge in [0.05, 0.1) is 18.6 Å². The van der Waals surface area contributed by atoms with E-state index in [1.807, 2.05) is 11.8 Å². The third-order valence-corrected chi connectivity index (χ3v) is 3.67. The van der Waals surface area contributed by atoms with E-state index in [1.54, 1.807) is 19.1 Å². The molecular formula is C14H19NO4S. The van der Waals surface area contributed by atoms with E-state index in [9.17, 15) is 9.59 Å². The Kier molecular flexibility index (Phi) is 6.24. The molecule has 0 atom stereocenters. The van der Waals surface area contributed by atoms with Gasteiger partial charge < -0.3 is 14.7 Å². The van der Waals surface area contributed by atoms with E-state index in [-0.39, 0.29) is 12.4 Å². The first kappa shape index (κ1) is 16.2. The van der Waals surface area contributed by atoms with Crippen molar-refractivity contribution in [1.82, 2.24) is 0 Å². The lowest BCUT2D eigenvalue weighted by Gasteiger charge is -2.21. The summed E-state index contributed by atoms with van der Waals surface area (Å²) in [6, 6.07) is 1.77. The van der Waals surface area contributed by atoms with Gasteiger partial charge in [-0.15, -0.1) is 17.9 Å². The van der Waals surface area contributed by atoms with Crippen molar-refractivity contribution in [3.05, 3.63) is 29.2 Å². The summed E-state index contributed by atoms with van der Waals surface area (Å²) in [4.78, 5) is 25.5. The summed E-state index contributed by atoms with van der Waals surface area (Å²) in [5, 5.41) is 9.54. The number of aryl methyl sites for hydroxylation is 1. The number of carbonyl (C=O) groups excluding carboxylic acids is 1. The molecule has 6 heteroatoms. The minimum absolute atomic E-state index is 0.00700. The fourth-order valence-corrected chi connectivity index (χ4v) is 2.78. The highest BCUT2D eigenvalue weighted by Gasteiger charge is 2.20. The first-order chi connectivity index (χ1) is 9.49. The Morgan fingerprint density at radius 2 is 2.25 bits per heavy atom. The summed E-state index contributed by atoms with van der Waals surface area (Å²) in [7, 11) is 0. The lowest BCUT2D eigenvalue weighted by Crippen LogP contribution is -2.27. The Labute approximate surface area is 122 Å². The van der Waals surface area contributed by atoms with Gasteiger partial charge in [0.15, 0.2) is 0 Å². The van der Waals surface area contributed by atoms with Crippen molar-refractivity contribution in [3.8, 4) is 0 Å². The van der Waals surface area contributed by atoms with Gasteiger partial charge >= 0.3 is 11.9 Å². The molecule has 0 saturated heterocycles. The van der Waals surface area contributed by atoms with Gasteiger partial charge in [0.2, 0.25) is 0 Å². The summed E-state index contributed by atoms with van der Waals surface area (Å²) < 4.78 is 5.03. The summed E-state index contributed by atoms with van der Waals surface area (Å²) in [5.41, 5.74) is 0.488. The fraction of sp³-hybridized carbons (Fsp3) is 0.429. The van der Waals surface area contributed by atoms with Gasteiger partial charge in [-0.3, -0.25) is 4.79 Å². The number of anilines is 1. The highest BCUT2D eigenvalue weighted by atomic mass is 32.1. The Bertz CT molecular complexity index is 495. The number of ether oxygens (including phenoxy) is 1. The maximum atomic E-state index is 11.9. The molecule has 0 spiro atoms. The highest BCUT2D eigenvalue weighted by Crippen LogP contribution is 2.32. The number of aliphatic carboxylic acids is 1. The van der Waals surface area contributed by atoms with Gasteiger partial charge in [-0.1, -0.05) is 6.08 Å². The van der Waals surface area contributed by atoms with E-state index in [0.717, 1.165) is 9.88 Å². The largest absolute Gasteiger partial charge is 0.481 e. The molecule has 0 saturated carbocycles. The first-order valence-electron chi connectivity index (χ1n) is 6.34. The quantitative estimate of drug-likeness (QED) is 0.590. The van der Waals surface area contributed by atoms with Crippen molar-refractivity contribution in [1.29, 1.82) is 0 Å². The van der Waals surface area contributed by atoms with Crippen LogP contribution in [0.1, 0.15) is 28.6 Å². The van der Waals surface area contributed by atoms with Crippen LogP contribution in [0.3, 0.4) is 0 Å². The predicted octanol–water partition coefficient (Wildman–Crippen LogP) is 2.70. The van der Waals surface area contributed by atoms with Gasteiger partial charge in [-0.2, -0.15) is 0 Å². The van der Waals surface area contributed by atoms with Crippen LogP contribution in [-0.2, 0) is 9.53 Å². The molecule has 0 amide bonds. The number of carbonyl (C=O) groups is 2. The summed E-state index contributed by atoms with van der Waals surface area (Å²) in [6.07, 6.45) is 1.69. The van der Waals surface area contributed by atoms with Crippen LogP contribution in [-0.4, -0.2) is 36.7 Å². The second kappa shape index (κ2) is 7.69. The zero-order chi connectivity index (χ0) is 15.1. The van der Waals surface area contributed by atoms with E-state index in [4.69, 9.17) is 9.84 Å². The SMILES string of the molecule is C=CCN(CCC(=O)O)c1sc(C)cc1C(=O)OCC. The van der Waals surface area contributed by atoms with Gasteiger partial charge in [-0.05, 0) is 19.9 Å². The number of hydrogen-bond donors (Lipinski definition) is 1. The first-order valence-corrected chi connectivity index (χ1v) is 7.16. The zero-order valence-corrected chi connectivity index (χ0v) is 12.5. The van der Waals surface area contributed by atoms with Crippen LogP contribution >= 0.6 is 11.3 Å². The topological polar surface area (TPSA) is 66.8 Å². The normalized spacial score (nSPS) is 10.1. The number of carboxylic acids is 1. The molecule has 1 N–H and O–H groups in total. The molecule has 0 aromatic carbocycles. The van der Waals surface area contributed by atoms with Gasteiger partial charge in [0, 0.05) is 18.0 Å². The van der Waals surface area contributed by atoms with Crippen molar-refractivity contribution >= 4 is 28.3 Å². The molecule has 0 radical (unpaired) electrons. The van der Waals surface area contributed by atoms with Crippen molar-refractivity contribution < 1.29 is 19.4 Å². The van der Waals surface area contributed by atoms with E-state index >= 15 is 0 Å². The van der Waals surface area contributed by atoms with Crippen LogP contribution in [0.15, 0.2) is 18.7 Å². The van der Waals surface area contributed by atoms with Crippen LogP contribution in [0, 0.1) is 6.92 Å². The molecule has 110 valence electrons. The molecule has 0 fully saturated rings. The minimum Gasteiger partial charge on any atom is -0.481 e. The number of thiophene rings is 1. The number of rotatable bonds is 8. The Morgan fingerprint density at radius 1 is 1.55 bits per heavy atom. The number of hydrogen-bond acceptors (Lipinski definition) is 5. The van der Waals surface area contributed by atoms with Gasteiger partial charge in [0.1, 0.15) is 5.00 Å². The molecule has 1 aromatic heterocycles. The molecule has 0 aliphatic rings. The monoisotopic (exact) mass is 297 g/mol. The lowest BCUT2D eigenvalue weighted by atomic mass is 10.2. The van der Waals surface area contributed by atoms with Crippen LogP contribution < -0.4 is 4.90 Å². The van der Waals surface area contributed by atoms with Gasteiger partial charge in [0.25, 0.3) is 0 Å². The molecule has 0 bridgehead atoms. The van der Waals surface area contributed by atoms with Crippen molar-refractivity contribution in [3.63, 3.8) is 0 Å². The average molecular weight is 297 g/mol. The molecule has 0 unspecified atom stereocenters. The standard InChI is InChI=1S/C14H19NO4S/c1-4-7-15(8-6-12(16)17)13-11(9-10(3)20-13)14(18)19-5-2/h4,9H,1,5-8H2,2-3H3,(H,16,17). The molecule has 1 rings (SSSR count). The molecule has 20 heavy (non-hydrogen) atoms. The van der Waals surface area contributed by atoms with Crippen molar-refractivity contribution in [2.75, 3.05) is 24.6 Å². The Morgan fingerprint density at radius 3 is 2.80 bits per heavy atom. The lowest BCUT2D eigenvalue weighted by molar-refractivity contribution is -0.136. The van der Waals surface area contributed by atoms with Crippen LogP contribution in [0.2, 0.25) is 0 Å². The minimum atomic E-state index is -0.870. The third-order valence-electron chi connectivity index (χ3n) is 2.56. The molecule has 5 nitrogen and oxygen atoms in total. The zero-order valence-electron chi connectivity index (χ0n) is 11.7. The van der Waals surface area contributed by atoms with Crippen molar-refractivity contribution in [2.45, 2.75) is 20.3 Å². The number of carboxylic acid groups (broad SMARTS) is 1. The molecule has 0 aliphatic carbocycles. The number of esters is 1. The average Bonchev–Trinajstić information content (AvgIpc) is 2.76. The van der Waals surface area contributed by atoms with Crippen molar-refractivity contribution in [2.24, 2.45) is 0 Å². The Balaban J connectivity index is 3.02. The fourth-order valence-electron chi connectivity index (χ4n) is 1.75. The van der Waals surface area contributed by atoms with E-state index in [1.165, 1.54) is 11.3 Å². The molecule has 0 aliphatic heterocycles. The molecule has 1 aromatic rings. The summed E-state index contributed by atoms with van der Waals surface area (Å²) in [5.74, 6) is -1.25. The highest BCUT2D eigenvalue weighted by molar-refractivity contribution is 7.16. The van der Waals surface area contributed by atoms with E-state index in [2.05, 4.69) is 6.58 Å². The maximum Gasteiger partial charge on any atom is 0.341 e. The Hall–Kier alpha value is -1.82. The maximum absolute atomic E-state index is 11.9. The predicted molar refractivity (Wildman–Crippen MR) is 79.7 cm³/mol. The second-order valence-electron chi connectivity index (χ2n) is 4.17. The summed E-state index contributed by atoms with van der Waals surface area (Å²) >= 11 is 1.45. The molecule has 1 heterocycles. The third kappa shape index (κ3) is 4.38. The van der Waals surface area contributed by atoms with Gasteiger partial charge in [-0.25, -0.2) is 4.79 Å². The van der Waals surface area contributed by atoms with Crippen LogP contribution in [0.4, 0.5) is 5.00 Å². The van der Waals surface area contributed by atoms with Crippen LogP contribution in [0.25, 0.3) is 0 Å². The second-order valence-corrected chi connectivity index (χ2v) is 5.41.